The molecule has 0 aliphatic carbocycles. The second kappa shape index (κ2) is 6.17. The monoisotopic (exact) mass is 304 g/mol. The number of benzene rings is 1. The van der Waals surface area contributed by atoms with Crippen LogP contribution in [0.5, 0.6) is 0 Å². The molecule has 2 atom stereocenters. The summed E-state index contributed by atoms with van der Waals surface area (Å²) in [6.07, 6.45) is 0.114. The molecule has 1 N–H and O–H groups in total. The van der Waals surface area contributed by atoms with Gasteiger partial charge in [-0.15, -0.1) is 0 Å². The summed E-state index contributed by atoms with van der Waals surface area (Å²) < 4.78 is 0. The number of carboxylic acid groups (broad SMARTS) is 1. The second-order valence-corrected chi connectivity index (χ2v) is 5.70. The van der Waals surface area contributed by atoms with Crippen molar-refractivity contribution in [2.45, 2.75) is 26.3 Å². The minimum Gasteiger partial charge on any atom is -0.480 e. The summed E-state index contributed by atoms with van der Waals surface area (Å²) in [5.74, 6) is -1.98. The van der Waals surface area contributed by atoms with Gasteiger partial charge in [0.05, 0.1) is 5.92 Å². The molecule has 0 spiro atoms. The molecule has 2 unspecified atom stereocenters. The molecule has 2 amide bonds. The molecule has 0 radical (unpaired) electrons. The Hall–Kier alpha value is -2.37. The van der Waals surface area contributed by atoms with Crippen LogP contribution in [-0.4, -0.2) is 47.4 Å². The van der Waals surface area contributed by atoms with E-state index in [9.17, 15) is 14.4 Å². The normalized spacial score (nSPS) is 19.1. The van der Waals surface area contributed by atoms with Gasteiger partial charge in [0.25, 0.3) is 0 Å². The van der Waals surface area contributed by atoms with Crippen LogP contribution < -0.4 is 4.90 Å². The van der Waals surface area contributed by atoms with E-state index in [1.54, 1.807) is 4.90 Å². The minimum atomic E-state index is -1.06. The molecule has 1 fully saturated rings. The number of aryl methyl sites for hydroxylation is 1. The lowest BCUT2D eigenvalue weighted by atomic mass is 10.1. The number of likely N-dealkylation sites (N-methyl/N-ethyl adjacent to an activating group) is 1. The van der Waals surface area contributed by atoms with Crippen LogP contribution in [0.15, 0.2) is 24.3 Å². The Bertz CT molecular complexity index is 597. The summed E-state index contributed by atoms with van der Waals surface area (Å²) in [6.45, 7) is 3.70. The van der Waals surface area contributed by atoms with Crippen molar-refractivity contribution in [1.82, 2.24) is 4.90 Å². The summed E-state index contributed by atoms with van der Waals surface area (Å²) >= 11 is 0. The number of carboxylic acids is 1. The van der Waals surface area contributed by atoms with Crippen molar-refractivity contribution >= 4 is 23.5 Å². The molecule has 6 heteroatoms. The Morgan fingerprint density at radius 3 is 2.45 bits per heavy atom. The highest BCUT2D eigenvalue weighted by Gasteiger charge is 2.38. The van der Waals surface area contributed by atoms with Gasteiger partial charge in [0, 0.05) is 25.7 Å². The molecule has 1 aromatic carbocycles. The highest BCUT2D eigenvalue weighted by Crippen LogP contribution is 2.26. The molecule has 0 aromatic heterocycles. The lowest BCUT2D eigenvalue weighted by Crippen LogP contribution is -2.43. The SMILES string of the molecule is Cc1ccc(N2CC(C(=O)N(C)C(C)C(=O)O)CC2=O)cc1. The molecule has 1 aromatic rings. The van der Waals surface area contributed by atoms with Crippen LogP contribution in [0.3, 0.4) is 0 Å². The first kappa shape index (κ1) is 16.0. The van der Waals surface area contributed by atoms with Crippen molar-refractivity contribution in [2.24, 2.45) is 5.92 Å². The topological polar surface area (TPSA) is 77.9 Å². The predicted molar refractivity (Wildman–Crippen MR) is 81.5 cm³/mol. The van der Waals surface area contributed by atoms with Gasteiger partial charge in [-0.2, -0.15) is 0 Å². The quantitative estimate of drug-likeness (QED) is 0.909. The Kier molecular flexibility index (Phi) is 4.49. The van der Waals surface area contributed by atoms with Gasteiger partial charge in [-0.25, -0.2) is 4.79 Å². The molecular formula is C16H20N2O4. The molecule has 118 valence electrons. The van der Waals surface area contributed by atoms with E-state index in [0.717, 1.165) is 11.3 Å². The Morgan fingerprint density at radius 2 is 1.91 bits per heavy atom. The molecule has 0 bridgehead atoms. The average molecular weight is 304 g/mol. The number of hydrogen-bond acceptors (Lipinski definition) is 3. The van der Waals surface area contributed by atoms with E-state index in [0.29, 0.717) is 0 Å². The van der Waals surface area contributed by atoms with Gasteiger partial charge in [-0.3, -0.25) is 9.59 Å². The summed E-state index contributed by atoms with van der Waals surface area (Å²) in [5, 5.41) is 8.98. The van der Waals surface area contributed by atoms with E-state index in [-0.39, 0.29) is 24.8 Å². The van der Waals surface area contributed by atoms with Crippen molar-refractivity contribution in [2.75, 3.05) is 18.5 Å². The lowest BCUT2D eigenvalue weighted by molar-refractivity contribution is -0.149. The third-order valence-corrected chi connectivity index (χ3v) is 4.11. The first-order valence-electron chi connectivity index (χ1n) is 7.17. The number of anilines is 1. The van der Waals surface area contributed by atoms with Gasteiger partial charge >= 0.3 is 5.97 Å². The Balaban J connectivity index is 2.10. The van der Waals surface area contributed by atoms with Gasteiger partial charge < -0.3 is 14.9 Å². The predicted octanol–water partition coefficient (Wildman–Crippen LogP) is 1.28. The van der Waals surface area contributed by atoms with Crippen molar-refractivity contribution in [3.05, 3.63) is 29.8 Å². The van der Waals surface area contributed by atoms with E-state index < -0.39 is 17.9 Å². The Morgan fingerprint density at radius 1 is 1.32 bits per heavy atom. The molecule has 2 rings (SSSR count). The average Bonchev–Trinajstić information content (AvgIpc) is 2.87. The van der Waals surface area contributed by atoms with Crippen LogP contribution in [0.2, 0.25) is 0 Å². The highest BCUT2D eigenvalue weighted by atomic mass is 16.4. The van der Waals surface area contributed by atoms with Gasteiger partial charge in [0.15, 0.2) is 0 Å². The Labute approximate surface area is 129 Å². The molecule has 6 nitrogen and oxygen atoms in total. The molecule has 1 heterocycles. The zero-order chi connectivity index (χ0) is 16.4. The minimum absolute atomic E-state index is 0.112. The smallest absolute Gasteiger partial charge is 0.326 e. The first-order chi connectivity index (χ1) is 10.3. The van der Waals surface area contributed by atoms with Crippen LogP contribution in [0.25, 0.3) is 0 Å². The summed E-state index contributed by atoms with van der Waals surface area (Å²) in [6, 6.07) is 6.62. The van der Waals surface area contributed by atoms with Gasteiger partial charge in [-0.05, 0) is 26.0 Å². The van der Waals surface area contributed by atoms with Crippen LogP contribution in [-0.2, 0) is 14.4 Å². The summed E-state index contributed by atoms with van der Waals surface area (Å²) in [4.78, 5) is 38.2. The number of amides is 2. The van der Waals surface area contributed by atoms with Crippen molar-refractivity contribution < 1.29 is 19.5 Å². The third-order valence-electron chi connectivity index (χ3n) is 4.11. The zero-order valence-corrected chi connectivity index (χ0v) is 12.9. The zero-order valence-electron chi connectivity index (χ0n) is 12.9. The molecule has 0 saturated carbocycles. The van der Waals surface area contributed by atoms with E-state index >= 15 is 0 Å². The number of aliphatic carboxylic acids is 1. The van der Waals surface area contributed by atoms with E-state index in [1.165, 1.54) is 18.9 Å². The first-order valence-corrected chi connectivity index (χ1v) is 7.17. The van der Waals surface area contributed by atoms with Gasteiger partial charge in [0.1, 0.15) is 6.04 Å². The van der Waals surface area contributed by atoms with Crippen molar-refractivity contribution in [3.8, 4) is 0 Å². The number of carbonyl (C=O) groups excluding carboxylic acids is 2. The van der Waals surface area contributed by atoms with Crippen molar-refractivity contribution in [1.29, 1.82) is 0 Å². The highest BCUT2D eigenvalue weighted by molar-refractivity contribution is 6.00. The number of rotatable bonds is 4. The molecule has 1 saturated heterocycles. The fraction of sp³-hybridized carbons (Fsp3) is 0.438. The summed E-state index contributed by atoms with van der Waals surface area (Å²) in [7, 11) is 1.46. The maximum Gasteiger partial charge on any atom is 0.326 e. The van der Waals surface area contributed by atoms with Crippen molar-refractivity contribution in [3.63, 3.8) is 0 Å². The van der Waals surface area contributed by atoms with E-state index in [2.05, 4.69) is 0 Å². The maximum atomic E-state index is 12.4. The molecular weight excluding hydrogens is 284 g/mol. The second-order valence-electron chi connectivity index (χ2n) is 5.70. The summed E-state index contributed by atoms with van der Waals surface area (Å²) in [5.41, 5.74) is 1.86. The fourth-order valence-electron chi connectivity index (χ4n) is 2.49. The fourth-order valence-corrected chi connectivity index (χ4v) is 2.49. The third kappa shape index (κ3) is 3.10. The largest absolute Gasteiger partial charge is 0.480 e. The van der Waals surface area contributed by atoms with E-state index in [1.807, 2.05) is 31.2 Å². The lowest BCUT2D eigenvalue weighted by Gasteiger charge is -2.24. The molecule has 1 aliphatic heterocycles. The van der Waals surface area contributed by atoms with Crippen LogP contribution >= 0.6 is 0 Å². The van der Waals surface area contributed by atoms with Gasteiger partial charge in [0.2, 0.25) is 11.8 Å². The van der Waals surface area contributed by atoms with Gasteiger partial charge in [-0.1, -0.05) is 17.7 Å². The number of hydrogen-bond donors (Lipinski definition) is 1. The van der Waals surface area contributed by atoms with E-state index in [4.69, 9.17) is 5.11 Å². The standard InChI is InChI=1S/C16H20N2O4/c1-10-4-6-13(7-5-10)18-9-12(8-14(18)19)15(20)17(3)11(2)16(21)22/h4-7,11-12H,8-9H2,1-3H3,(H,21,22). The molecule has 22 heavy (non-hydrogen) atoms. The molecule has 1 aliphatic rings. The maximum absolute atomic E-state index is 12.4. The van der Waals surface area contributed by atoms with Crippen LogP contribution in [0.1, 0.15) is 18.9 Å². The van der Waals surface area contributed by atoms with Crippen LogP contribution in [0, 0.1) is 12.8 Å². The van der Waals surface area contributed by atoms with Crippen LogP contribution in [0.4, 0.5) is 5.69 Å². The number of nitrogens with zero attached hydrogens (tertiary/aromatic N) is 2. The number of carbonyl (C=O) groups is 3.